The highest BCUT2D eigenvalue weighted by Crippen LogP contribution is 2.21. The third-order valence-corrected chi connectivity index (χ3v) is 8.22. The summed E-state index contributed by atoms with van der Waals surface area (Å²) in [6.45, 7) is 4.08. The van der Waals surface area contributed by atoms with Crippen LogP contribution in [0.3, 0.4) is 0 Å². The van der Waals surface area contributed by atoms with Crippen molar-refractivity contribution in [2.45, 2.75) is 23.6 Å². The molecule has 3 aromatic rings. The monoisotopic (exact) mass is 488 g/mol. The van der Waals surface area contributed by atoms with E-state index in [1.165, 1.54) is 40.7 Å². The fourth-order valence-electron chi connectivity index (χ4n) is 3.07. The molecule has 0 unspecified atom stereocenters. The average Bonchev–Trinajstić information content (AvgIpc) is 2.80. The highest BCUT2D eigenvalue weighted by molar-refractivity contribution is 7.92. The maximum absolute atomic E-state index is 12.8. The Labute approximate surface area is 193 Å². The molecule has 174 valence electrons. The Morgan fingerprint density at radius 2 is 1.55 bits per heavy atom. The molecule has 1 amide bonds. The van der Waals surface area contributed by atoms with Crippen molar-refractivity contribution in [1.29, 1.82) is 0 Å². The van der Waals surface area contributed by atoms with Gasteiger partial charge in [-0.2, -0.15) is 4.31 Å². The maximum atomic E-state index is 12.8. The van der Waals surface area contributed by atoms with Gasteiger partial charge < -0.3 is 5.32 Å². The fourth-order valence-corrected chi connectivity index (χ4v) is 5.57. The average molecular weight is 489 g/mol. The van der Waals surface area contributed by atoms with E-state index in [9.17, 15) is 21.6 Å². The third kappa shape index (κ3) is 5.75. The molecule has 0 bridgehead atoms. The van der Waals surface area contributed by atoms with Crippen LogP contribution < -0.4 is 10.0 Å². The van der Waals surface area contributed by atoms with Crippen molar-refractivity contribution in [3.8, 4) is 0 Å². The third-order valence-electron chi connectivity index (χ3n) is 4.76. The number of rotatable bonds is 9. The Bertz CT molecular complexity index is 1320. The second kappa shape index (κ2) is 10.1. The van der Waals surface area contributed by atoms with Gasteiger partial charge in [0.2, 0.25) is 10.0 Å². The molecule has 11 heteroatoms. The SMILES string of the molecule is CCN(CC)S(=O)(=O)c1ccc(S(=O)(=O)Nc2cccc(C(=O)Nc3ccccn3)c2)cc1. The molecule has 0 saturated carbocycles. The van der Waals surface area contributed by atoms with Gasteiger partial charge in [-0.05, 0) is 54.6 Å². The largest absolute Gasteiger partial charge is 0.307 e. The molecule has 0 spiro atoms. The number of carbonyl (C=O) groups is 1. The molecular formula is C22H24N4O5S2. The van der Waals surface area contributed by atoms with E-state index >= 15 is 0 Å². The first-order valence-corrected chi connectivity index (χ1v) is 13.0. The minimum absolute atomic E-state index is 0.0124. The van der Waals surface area contributed by atoms with Crippen LogP contribution in [0.2, 0.25) is 0 Å². The molecule has 0 aliphatic rings. The van der Waals surface area contributed by atoms with Gasteiger partial charge in [0.05, 0.1) is 9.79 Å². The van der Waals surface area contributed by atoms with Crippen molar-refractivity contribution in [2.24, 2.45) is 0 Å². The zero-order chi connectivity index (χ0) is 24.1. The standard InChI is InChI=1S/C22H24N4O5S2/c1-3-26(4-2)33(30,31)20-13-11-19(12-14-20)32(28,29)25-18-9-7-8-17(16-18)22(27)24-21-10-5-6-15-23-21/h5-16,25H,3-4H2,1-2H3,(H,23,24,27). The molecule has 3 rings (SSSR count). The first-order chi connectivity index (χ1) is 15.7. The Morgan fingerprint density at radius 3 is 2.15 bits per heavy atom. The number of nitrogens with one attached hydrogen (secondary N) is 2. The van der Waals surface area contributed by atoms with Crippen molar-refractivity contribution in [1.82, 2.24) is 9.29 Å². The Kier molecular flexibility index (Phi) is 7.46. The van der Waals surface area contributed by atoms with Gasteiger partial charge in [0, 0.05) is 30.5 Å². The highest BCUT2D eigenvalue weighted by atomic mass is 32.2. The van der Waals surface area contributed by atoms with Gasteiger partial charge in [0.1, 0.15) is 5.82 Å². The number of aromatic nitrogens is 1. The van der Waals surface area contributed by atoms with Crippen LogP contribution >= 0.6 is 0 Å². The van der Waals surface area contributed by atoms with E-state index in [0.717, 1.165) is 0 Å². The lowest BCUT2D eigenvalue weighted by atomic mass is 10.2. The van der Waals surface area contributed by atoms with Gasteiger partial charge in [-0.15, -0.1) is 0 Å². The summed E-state index contributed by atoms with van der Waals surface area (Å²) in [5.41, 5.74) is 0.421. The predicted molar refractivity (Wildman–Crippen MR) is 126 cm³/mol. The lowest BCUT2D eigenvalue weighted by Crippen LogP contribution is -2.30. The molecule has 33 heavy (non-hydrogen) atoms. The zero-order valence-corrected chi connectivity index (χ0v) is 19.7. The smallest absolute Gasteiger partial charge is 0.261 e. The molecule has 2 N–H and O–H groups in total. The van der Waals surface area contributed by atoms with Gasteiger partial charge in [-0.25, -0.2) is 21.8 Å². The minimum Gasteiger partial charge on any atom is -0.307 e. The first-order valence-electron chi connectivity index (χ1n) is 10.1. The summed E-state index contributed by atoms with van der Waals surface area (Å²) in [7, 11) is -7.71. The van der Waals surface area contributed by atoms with Crippen LogP contribution in [-0.4, -0.2) is 45.1 Å². The van der Waals surface area contributed by atoms with Gasteiger partial charge >= 0.3 is 0 Å². The second-order valence-electron chi connectivity index (χ2n) is 6.92. The van der Waals surface area contributed by atoms with Crippen molar-refractivity contribution in [2.75, 3.05) is 23.1 Å². The second-order valence-corrected chi connectivity index (χ2v) is 10.5. The Hall–Kier alpha value is -3.28. The van der Waals surface area contributed by atoms with E-state index in [-0.39, 0.29) is 21.0 Å². The van der Waals surface area contributed by atoms with Gasteiger partial charge in [0.15, 0.2) is 0 Å². The van der Waals surface area contributed by atoms with Crippen LogP contribution in [-0.2, 0) is 20.0 Å². The molecule has 2 aromatic carbocycles. The summed E-state index contributed by atoms with van der Waals surface area (Å²) in [4.78, 5) is 16.4. The lowest BCUT2D eigenvalue weighted by Gasteiger charge is -2.18. The zero-order valence-electron chi connectivity index (χ0n) is 18.1. The van der Waals surface area contributed by atoms with E-state index < -0.39 is 26.0 Å². The van der Waals surface area contributed by atoms with E-state index in [1.807, 2.05) is 0 Å². The molecule has 0 aliphatic heterocycles. The Morgan fingerprint density at radius 1 is 0.879 bits per heavy atom. The van der Waals surface area contributed by atoms with Crippen LogP contribution in [0.15, 0.2) is 82.7 Å². The molecule has 0 radical (unpaired) electrons. The number of hydrogen-bond donors (Lipinski definition) is 2. The Balaban J connectivity index is 1.78. The molecule has 0 fully saturated rings. The van der Waals surface area contributed by atoms with E-state index in [1.54, 1.807) is 50.4 Å². The molecule has 0 aliphatic carbocycles. The number of anilines is 2. The van der Waals surface area contributed by atoms with Crippen LogP contribution in [0.4, 0.5) is 11.5 Å². The number of amides is 1. The van der Waals surface area contributed by atoms with E-state index in [4.69, 9.17) is 0 Å². The van der Waals surface area contributed by atoms with Crippen molar-refractivity contribution < 1.29 is 21.6 Å². The summed E-state index contributed by atoms with van der Waals surface area (Å²) in [6, 6.07) is 16.1. The molecular weight excluding hydrogens is 464 g/mol. The highest BCUT2D eigenvalue weighted by Gasteiger charge is 2.23. The van der Waals surface area contributed by atoms with Crippen molar-refractivity contribution in [3.05, 3.63) is 78.5 Å². The lowest BCUT2D eigenvalue weighted by molar-refractivity contribution is 0.102. The molecule has 9 nitrogen and oxygen atoms in total. The number of carbonyl (C=O) groups excluding carboxylic acids is 1. The molecule has 0 atom stereocenters. The van der Waals surface area contributed by atoms with Crippen molar-refractivity contribution >= 4 is 37.5 Å². The quantitative estimate of drug-likeness (QED) is 0.477. The van der Waals surface area contributed by atoms with Crippen LogP contribution in [0.25, 0.3) is 0 Å². The predicted octanol–water partition coefficient (Wildman–Crippen LogP) is 3.17. The molecule has 1 aromatic heterocycles. The summed E-state index contributed by atoms with van der Waals surface area (Å²) in [5, 5.41) is 2.63. The van der Waals surface area contributed by atoms with Gasteiger partial charge in [0.25, 0.3) is 15.9 Å². The van der Waals surface area contributed by atoms with Crippen LogP contribution in [0.5, 0.6) is 0 Å². The number of hydrogen-bond acceptors (Lipinski definition) is 6. The van der Waals surface area contributed by atoms with Gasteiger partial charge in [-0.1, -0.05) is 26.0 Å². The van der Waals surface area contributed by atoms with E-state index in [0.29, 0.717) is 18.9 Å². The maximum Gasteiger partial charge on any atom is 0.261 e. The summed E-state index contributed by atoms with van der Waals surface area (Å²) >= 11 is 0. The van der Waals surface area contributed by atoms with Crippen LogP contribution in [0, 0.1) is 0 Å². The topological polar surface area (TPSA) is 126 Å². The number of sulfonamides is 2. The molecule has 1 heterocycles. The fraction of sp³-hybridized carbons (Fsp3) is 0.182. The van der Waals surface area contributed by atoms with E-state index in [2.05, 4.69) is 15.0 Å². The van der Waals surface area contributed by atoms with Crippen molar-refractivity contribution in [3.63, 3.8) is 0 Å². The van der Waals surface area contributed by atoms with Gasteiger partial charge in [-0.3, -0.25) is 9.52 Å². The number of pyridine rings is 1. The number of benzene rings is 2. The molecule has 0 saturated heterocycles. The summed E-state index contributed by atoms with van der Waals surface area (Å²) < 4.78 is 54.5. The minimum atomic E-state index is -4.01. The summed E-state index contributed by atoms with van der Waals surface area (Å²) in [6.07, 6.45) is 1.54. The first kappa shape index (κ1) is 24.4. The van der Waals surface area contributed by atoms with Crippen LogP contribution in [0.1, 0.15) is 24.2 Å². The normalized spacial score (nSPS) is 11.8. The summed E-state index contributed by atoms with van der Waals surface area (Å²) in [5.74, 6) is -0.0750. The number of nitrogens with zero attached hydrogens (tertiary/aromatic N) is 2.